The summed E-state index contributed by atoms with van der Waals surface area (Å²) in [5.41, 5.74) is 2.33. The van der Waals surface area contributed by atoms with Crippen molar-refractivity contribution >= 4 is 11.6 Å². The monoisotopic (exact) mass is 361 g/mol. The first-order chi connectivity index (χ1) is 13.3. The van der Waals surface area contributed by atoms with Crippen LogP contribution in [0.4, 0.5) is 5.69 Å². The van der Waals surface area contributed by atoms with Crippen molar-refractivity contribution in [3.8, 4) is 11.4 Å². The van der Waals surface area contributed by atoms with E-state index in [2.05, 4.69) is 30.5 Å². The van der Waals surface area contributed by atoms with Gasteiger partial charge in [0.25, 0.3) is 0 Å². The zero-order valence-corrected chi connectivity index (χ0v) is 14.2. The number of hydrogen-bond acceptors (Lipinski definition) is 7. The molecule has 1 amide bonds. The number of hydrogen-bond donors (Lipinski definition) is 1. The number of nitrogens with one attached hydrogen (secondary N) is 1. The summed E-state index contributed by atoms with van der Waals surface area (Å²) in [5, 5.41) is 10.8. The third kappa shape index (κ3) is 4.03. The Balaban J connectivity index is 1.48. The summed E-state index contributed by atoms with van der Waals surface area (Å²) >= 11 is 0. The SMILES string of the molecule is O=C(Cn1cncn1)Nc1ccccc1Cc1nc(-c2cccnc2)no1. The third-order valence-electron chi connectivity index (χ3n) is 3.79. The predicted octanol–water partition coefficient (Wildman–Crippen LogP) is 1.95. The number of carbonyl (C=O) groups excluding carboxylic acids is 1. The molecular formula is C18H15N7O2. The van der Waals surface area contributed by atoms with Gasteiger partial charge in [0, 0.05) is 23.6 Å². The third-order valence-corrected chi connectivity index (χ3v) is 3.79. The van der Waals surface area contributed by atoms with Crippen molar-refractivity contribution in [1.82, 2.24) is 29.9 Å². The molecule has 0 atom stereocenters. The molecule has 0 radical (unpaired) electrons. The van der Waals surface area contributed by atoms with Gasteiger partial charge in [0.05, 0.1) is 6.42 Å². The second kappa shape index (κ2) is 7.56. The standard InChI is InChI=1S/C18H15N7O2/c26-16(10-25-12-20-11-21-25)22-15-6-2-1-4-13(15)8-17-23-18(24-27-17)14-5-3-7-19-9-14/h1-7,9,11-12H,8,10H2,(H,22,26). The van der Waals surface area contributed by atoms with Gasteiger partial charge in [-0.25, -0.2) is 9.67 Å². The molecule has 0 aliphatic heterocycles. The van der Waals surface area contributed by atoms with E-state index in [1.807, 2.05) is 36.4 Å². The molecule has 0 bridgehead atoms. The van der Waals surface area contributed by atoms with Crippen molar-refractivity contribution in [1.29, 1.82) is 0 Å². The summed E-state index contributed by atoms with van der Waals surface area (Å²) in [6, 6.07) is 11.1. The number of amides is 1. The molecule has 9 nitrogen and oxygen atoms in total. The van der Waals surface area contributed by atoms with Gasteiger partial charge in [-0.1, -0.05) is 23.4 Å². The highest BCUT2D eigenvalue weighted by Crippen LogP contribution is 2.20. The van der Waals surface area contributed by atoms with Gasteiger partial charge in [0.15, 0.2) is 0 Å². The number of aromatic nitrogens is 6. The van der Waals surface area contributed by atoms with E-state index in [1.54, 1.807) is 12.4 Å². The quantitative estimate of drug-likeness (QED) is 0.558. The minimum atomic E-state index is -0.200. The fraction of sp³-hybridized carbons (Fsp3) is 0.111. The molecule has 3 aromatic heterocycles. The van der Waals surface area contributed by atoms with Crippen molar-refractivity contribution < 1.29 is 9.32 Å². The van der Waals surface area contributed by atoms with Gasteiger partial charge in [-0.15, -0.1) is 0 Å². The van der Waals surface area contributed by atoms with Crippen molar-refractivity contribution in [3.05, 3.63) is 72.9 Å². The highest BCUT2D eigenvalue weighted by molar-refractivity contribution is 5.91. The minimum absolute atomic E-state index is 0.0834. The molecule has 0 aliphatic rings. The van der Waals surface area contributed by atoms with Crippen LogP contribution >= 0.6 is 0 Å². The van der Waals surface area contributed by atoms with Crippen LogP contribution in [0, 0.1) is 0 Å². The molecule has 0 unspecified atom stereocenters. The molecule has 0 spiro atoms. The first kappa shape index (κ1) is 16.6. The van der Waals surface area contributed by atoms with Gasteiger partial charge in [-0.2, -0.15) is 10.1 Å². The maximum Gasteiger partial charge on any atom is 0.246 e. The Labute approximate surface area is 154 Å². The van der Waals surface area contributed by atoms with Crippen LogP contribution in [-0.2, 0) is 17.8 Å². The van der Waals surface area contributed by atoms with E-state index in [0.717, 1.165) is 11.1 Å². The summed E-state index contributed by atoms with van der Waals surface area (Å²) in [5.74, 6) is 0.729. The van der Waals surface area contributed by atoms with E-state index in [9.17, 15) is 4.79 Å². The number of rotatable bonds is 6. The van der Waals surface area contributed by atoms with E-state index in [1.165, 1.54) is 17.3 Å². The molecule has 1 aromatic carbocycles. The smallest absolute Gasteiger partial charge is 0.246 e. The molecule has 0 saturated heterocycles. The normalized spacial score (nSPS) is 10.7. The van der Waals surface area contributed by atoms with Crippen LogP contribution in [-0.4, -0.2) is 35.8 Å². The van der Waals surface area contributed by atoms with Crippen molar-refractivity contribution in [3.63, 3.8) is 0 Å². The van der Waals surface area contributed by atoms with Gasteiger partial charge >= 0.3 is 0 Å². The lowest BCUT2D eigenvalue weighted by Crippen LogP contribution is -2.19. The van der Waals surface area contributed by atoms with Crippen LogP contribution in [0.3, 0.4) is 0 Å². The molecule has 0 fully saturated rings. The average Bonchev–Trinajstić information content (AvgIpc) is 3.36. The van der Waals surface area contributed by atoms with Crippen LogP contribution in [0.5, 0.6) is 0 Å². The number of benzene rings is 1. The molecule has 3 heterocycles. The van der Waals surface area contributed by atoms with Crippen LogP contribution in [0.25, 0.3) is 11.4 Å². The van der Waals surface area contributed by atoms with E-state index >= 15 is 0 Å². The molecule has 134 valence electrons. The molecule has 0 saturated carbocycles. The fourth-order valence-electron chi connectivity index (χ4n) is 2.55. The molecular weight excluding hydrogens is 346 g/mol. The van der Waals surface area contributed by atoms with Crippen LogP contribution in [0.2, 0.25) is 0 Å². The van der Waals surface area contributed by atoms with Crippen molar-refractivity contribution in [2.75, 3.05) is 5.32 Å². The molecule has 4 rings (SSSR count). The van der Waals surface area contributed by atoms with Gasteiger partial charge < -0.3 is 9.84 Å². The number of para-hydroxylation sites is 1. The number of nitrogens with zero attached hydrogens (tertiary/aromatic N) is 6. The number of pyridine rings is 1. The summed E-state index contributed by atoms with van der Waals surface area (Å²) in [6.07, 6.45) is 6.63. The molecule has 9 heteroatoms. The summed E-state index contributed by atoms with van der Waals surface area (Å²) in [7, 11) is 0. The first-order valence-corrected chi connectivity index (χ1v) is 8.21. The maximum atomic E-state index is 12.2. The lowest BCUT2D eigenvalue weighted by atomic mass is 10.1. The van der Waals surface area contributed by atoms with E-state index < -0.39 is 0 Å². The predicted molar refractivity (Wildman–Crippen MR) is 95.4 cm³/mol. The first-order valence-electron chi connectivity index (χ1n) is 8.21. The second-order valence-electron chi connectivity index (χ2n) is 5.73. The van der Waals surface area contributed by atoms with Crippen molar-refractivity contribution in [2.24, 2.45) is 0 Å². The van der Waals surface area contributed by atoms with Gasteiger partial charge in [0.2, 0.25) is 17.6 Å². The Bertz CT molecular complexity index is 1030. The zero-order valence-electron chi connectivity index (χ0n) is 14.2. The topological polar surface area (TPSA) is 112 Å². The van der Waals surface area contributed by atoms with Gasteiger partial charge in [-0.05, 0) is 23.8 Å². The van der Waals surface area contributed by atoms with Crippen molar-refractivity contribution in [2.45, 2.75) is 13.0 Å². The summed E-state index contributed by atoms with van der Waals surface area (Å²) in [6.45, 7) is 0.0834. The molecule has 4 aromatic rings. The Kier molecular flexibility index (Phi) is 4.64. The summed E-state index contributed by atoms with van der Waals surface area (Å²) < 4.78 is 6.80. The molecule has 27 heavy (non-hydrogen) atoms. The van der Waals surface area contributed by atoms with E-state index in [4.69, 9.17) is 4.52 Å². The van der Waals surface area contributed by atoms with Crippen LogP contribution < -0.4 is 5.32 Å². The lowest BCUT2D eigenvalue weighted by molar-refractivity contribution is -0.116. The second-order valence-corrected chi connectivity index (χ2v) is 5.73. The highest BCUT2D eigenvalue weighted by atomic mass is 16.5. The Morgan fingerprint density at radius 2 is 2.07 bits per heavy atom. The van der Waals surface area contributed by atoms with E-state index in [-0.39, 0.29) is 12.5 Å². The lowest BCUT2D eigenvalue weighted by Gasteiger charge is -2.09. The maximum absolute atomic E-state index is 12.2. The van der Waals surface area contributed by atoms with Crippen LogP contribution in [0.1, 0.15) is 11.5 Å². The van der Waals surface area contributed by atoms with Gasteiger partial charge in [-0.3, -0.25) is 9.78 Å². The molecule has 1 N–H and O–H groups in total. The van der Waals surface area contributed by atoms with Gasteiger partial charge in [0.1, 0.15) is 19.2 Å². The minimum Gasteiger partial charge on any atom is -0.339 e. The largest absolute Gasteiger partial charge is 0.339 e. The fourth-order valence-corrected chi connectivity index (χ4v) is 2.55. The van der Waals surface area contributed by atoms with Crippen LogP contribution in [0.15, 0.2) is 66.0 Å². The average molecular weight is 361 g/mol. The summed E-state index contributed by atoms with van der Waals surface area (Å²) in [4.78, 5) is 24.5. The van der Waals surface area contributed by atoms with E-state index in [0.29, 0.717) is 23.8 Å². The number of carbonyl (C=O) groups is 1. The number of anilines is 1. The molecule has 0 aliphatic carbocycles. The highest BCUT2D eigenvalue weighted by Gasteiger charge is 2.13. The Hall–Kier alpha value is -3.88. The zero-order chi connectivity index (χ0) is 18.5. The Morgan fingerprint density at radius 1 is 1.15 bits per heavy atom. The Morgan fingerprint density at radius 3 is 2.89 bits per heavy atom.